The maximum Gasteiger partial charge on any atom is 0.329 e. The van der Waals surface area contributed by atoms with Gasteiger partial charge in [-0.3, -0.25) is 13.9 Å². The van der Waals surface area contributed by atoms with E-state index in [4.69, 9.17) is 0 Å². The lowest BCUT2D eigenvalue weighted by atomic mass is 9.95. The molecule has 156 valence electrons. The molecule has 5 N–H and O–H groups in total. The predicted octanol–water partition coefficient (Wildman–Crippen LogP) is 0.891. The summed E-state index contributed by atoms with van der Waals surface area (Å²) in [6, 6.07) is 5.96. The van der Waals surface area contributed by atoms with Gasteiger partial charge in [0, 0.05) is 24.7 Å². The van der Waals surface area contributed by atoms with E-state index in [0.29, 0.717) is 18.0 Å². The van der Waals surface area contributed by atoms with Gasteiger partial charge in [-0.15, -0.1) is 0 Å². The molecule has 1 aliphatic heterocycles. The van der Waals surface area contributed by atoms with E-state index in [9.17, 15) is 9.59 Å². The van der Waals surface area contributed by atoms with Gasteiger partial charge in [0.05, 0.1) is 11.0 Å². The molecule has 3 aliphatic rings. The van der Waals surface area contributed by atoms with Crippen molar-refractivity contribution >= 4 is 16.9 Å². The standard InChI is InChI=1S/C20H29N7O2/c28-19(21-11-18-22-24-25-23-18)14-8-9-16-17(10-14)26(12-13-6-7-13)20(29)27(16)15-4-2-1-3-5-15/h8-10,13,15,18,22-25H,1-7,11-12H2,(H,21,28). The van der Waals surface area contributed by atoms with Crippen LogP contribution in [-0.2, 0) is 6.54 Å². The van der Waals surface area contributed by atoms with Crippen LogP contribution in [0.25, 0.3) is 11.0 Å². The molecule has 1 aromatic carbocycles. The topological polar surface area (TPSA) is 104 Å². The largest absolute Gasteiger partial charge is 0.349 e. The summed E-state index contributed by atoms with van der Waals surface area (Å²) >= 11 is 0. The Morgan fingerprint density at radius 3 is 2.52 bits per heavy atom. The Hall–Kier alpha value is -2.20. The molecule has 2 aromatic rings. The number of hydrogen-bond donors (Lipinski definition) is 5. The van der Waals surface area contributed by atoms with Crippen molar-refractivity contribution in [3.63, 3.8) is 0 Å². The molecule has 0 atom stereocenters. The molecule has 0 bridgehead atoms. The van der Waals surface area contributed by atoms with Gasteiger partial charge in [0.15, 0.2) is 0 Å². The lowest BCUT2D eigenvalue weighted by molar-refractivity contribution is 0.0949. The van der Waals surface area contributed by atoms with E-state index in [1.165, 1.54) is 32.1 Å². The van der Waals surface area contributed by atoms with Gasteiger partial charge >= 0.3 is 5.69 Å². The van der Waals surface area contributed by atoms with Gasteiger partial charge < -0.3 is 5.32 Å². The zero-order valence-corrected chi connectivity index (χ0v) is 16.5. The maximum atomic E-state index is 13.3. The van der Waals surface area contributed by atoms with Crippen LogP contribution in [0.3, 0.4) is 0 Å². The van der Waals surface area contributed by atoms with Crippen LogP contribution in [-0.4, -0.2) is 27.8 Å². The Balaban J connectivity index is 1.46. The molecule has 2 heterocycles. The van der Waals surface area contributed by atoms with Crippen LogP contribution >= 0.6 is 0 Å². The number of hydrazine groups is 3. The molecule has 1 saturated heterocycles. The Kier molecular flexibility index (Phi) is 5.13. The fourth-order valence-corrected chi connectivity index (χ4v) is 4.53. The molecule has 3 fully saturated rings. The monoisotopic (exact) mass is 399 g/mol. The number of carbonyl (C=O) groups is 1. The van der Waals surface area contributed by atoms with Crippen LogP contribution in [0.5, 0.6) is 0 Å². The van der Waals surface area contributed by atoms with Gasteiger partial charge in [-0.05, 0) is 49.8 Å². The number of benzene rings is 1. The van der Waals surface area contributed by atoms with Crippen LogP contribution in [0.4, 0.5) is 0 Å². The molecule has 29 heavy (non-hydrogen) atoms. The SMILES string of the molecule is O=C(NCC1NNNN1)c1ccc2c(c1)n(CC1CC1)c(=O)n2C1CCCCC1. The second kappa shape index (κ2) is 7.91. The number of nitrogens with one attached hydrogen (secondary N) is 5. The summed E-state index contributed by atoms with van der Waals surface area (Å²) in [5.74, 6) is 0.452. The number of nitrogens with zero attached hydrogens (tertiary/aromatic N) is 2. The normalized spacial score (nSPS) is 21.1. The number of carbonyl (C=O) groups excluding carboxylic acids is 1. The molecule has 1 amide bonds. The molecule has 2 aliphatic carbocycles. The molecule has 0 unspecified atom stereocenters. The Morgan fingerprint density at radius 2 is 1.79 bits per heavy atom. The second-order valence-corrected chi connectivity index (χ2v) is 8.50. The summed E-state index contributed by atoms with van der Waals surface area (Å²) in [5.41, 5.74) is 13.9. The number of amides is 1. The van der Waals surface area contributed by atoms with Crippen LogP contribution in [0.2, 0.25) is 0 Å². The smallest absolute Gasteiger partial charge is 0.329 e. The molecule has 1 aromatic heterocycles. The Morgan fingerprint density at radius 1 is 1.03 bits per heavy atom. The number of hydrogen-bond acceptors (Lipinski definition) is 6. The fraction of sp³-hybridized carbons (Fsp3) is 0.600. The van der Waals surface area contributed by atoms with Gasteiger partial charge in [0.1, 0.15) is 6.17 Å². The van der Waals surface area contributed by atoms with E-state index >= 15 is 0 Å². The molecular weight excluding hydrogens is 370 g/mol. The van der Waals surface area contributed by atoms with Gasteiger partial charge in [0.25, 0.3) is 5.91 Å². The molecule has 2 saturated carbocycles. The summed E-state index contributed by atoms with van der Waals surface area (Å²) in [7, 11) is 0. The van der Waals surface area contributed by atoms with Crippen LogP contribution in [0.15, 0.2) is 23.0 Å². The van der Waals surface area contributed by atoms with Crippen LogP contribution in [0, 0.1) is 5.92 Å². The van der Waals surface area contributed by atoms with Gasteiger partial charge in [0.2, 0.25) is 0 Å². The average Bonchev–Trinajstić information content (AvgIpc) is 3.33. The van der Waals surface area contributed by atoms with Crippen molar-refractivity contribution in [2.75, 3.05) is 6.54 Å². The van der Waals surface area contributed by atoms with Crippen molar-refractivity contribution in [2.45, 2.75) is 63.7 Å². The third kappa shape index (κ3) is 3.83. The van der Waals surface area contributed by atoms with Crippen molar-refractivity contribution in [2.24, 2.45) is 5.92 Å². The Bertz CT molecular complexity index is 950. The number of fused-ring (bicyclic) bond motifs is 1. The summed E-state index contributed by atoms with van der Waals surface area (Å²) in [4.78, 5) is 26.0. The van der Waals surface area contributed by atoms with Gasteiger partial charge in [-0.25, -0.2) is 15.6 Å². The molecule has 9 heteroatoms. The van der Waals surface area contributed by atoms with Gasteiger partial charge in [-0.1, -0.05) is 19.3 Å². The van der Waals surface area contributed by atoms with E-state index in [-0.39, 0.29) is 23.8 Å². The zero-order valence-electron chi connectivity index (χ0n) is 16.5. The number of aromatic nitrogens is 2. The summed E-state index contributed by atoms with van der Waals surface area (Å²) < 4.78 is 3.91. The van der Waals surface area contributed by atoms with Crippen molar-refractivity contribution in [1.82, 2.24) is 36.4 Å². The molecule has 0 spiro atoms. The quantitative estimate of drug-likeness (QED) is 0.494. The molecular formula is C20H29N7O2. The molecule has 5 rings (SSSR count). The third-order valence-corrected chi connectivity index (χ3v) is 6.32. The minimum Gasteiger partial charge on any atom is -0.349 e. The first kappa shape index (κ1) is 18.8. The van der Waals surface area contributed by atoms with Crippen molar-refractivity contribution in [3.05, 3.63) is 34.2 Å². The summed E-state index contributed by atoms with van der Waals surface area (Å²) in [5, 5.41) is 2.92. The minimum atomic E-state index is -0.141. The highest BCUT2D eigenvalue weighted by Crippen LogP contribution is 2.33. The lowest BCUT2D eigenvalue weighted by Crippen LogP contribution is -2.44. The first-order valence-electron chi connectivity index (χ1n) is 10.7. The molecule has 0 radical (unpaired) electrons. The van der Waals surface area contributed by atoms with Crippen LogP contribution < -0.4 is 32.9 Å². The highest BCUT2D eigenvalue weighted by atomic mass is 16.2. The van der Waals surface area contributed by atoms with E-state index in [1.807, 2.05) is 27.3 Å². The first-order valence-corrected chi connectivity index (χ1v) is 10.7. The average molecular weight is 399 g/mol. The minimum absolute atomic E-state index is 0.0906. The van der Waals surface area contributed by atoms with Gasteiger partial charge in [-0.2, -0.15) is 11.1 Å². The van der Waals surface area contributed by atoms with E-state index in [0.717, 1.165) is 30.4 Å². The molecule has 9 nitrogen and oxygen atoms in total. The number of rotatable bonds is 6. The highest BCUT2D eigenvalue weighted by molar-refractivity contribution is 5.97. The summed E-state index contributed by atoms with van der Waals surface area (Å²) in [6.07, 6.45) is 8.02. The van der Waals surface area contributed by atoms with E-state index in [1.54, 1.807) is 0 Å². The predicted molar refractivity (Wildman–Crippen MR) is 110 cm³/mol. The highest BCUT2D eigenvalue weighted by Gasteiger charge is 2.27. The van der Waals surface area contributed by atoms with E-state index in [2.05, 4.69) is 27.2 Å². The van der Waals surface area contributed by atoms with Crippen molar-refractivity contribution < 1.29 is 4.79 Å². The second-order valence-electron chi connectivity index (χ2n) is 8.50. The van der Waals surface area contributed by atoms with Crippen LogP contribution in [0.1, 0.15) is 61.3 Å². The Labute approximate surface area is 169 Å². The number of imidazole rings is 1. The van der Waals surface area contributed by atoms with E-state index < -0.39 is 0 Å². The fourth-order valence-electron chi connectivity index (χ4n) is 4.53. The zero-order chi connectivity index (χ0) is 19.8. The lowest BCUT2D eigenvalue weighted by Gasteiger charge is -2.23. The summed E-state index contributed by atoms with van der Waals surface area (Å²) in [6.45, 7) is 1.18. The van der Waals surface area contributed by atoms with Crippen molar-refractivity contribution in [1.29, 1.82) is 0 Å². The van der Waals surface area contributed by atoms with Crippen molar-refractivity contribution in [3.8, 4) is 0 Å². The maximum absolute atomic E-state index is 13.3. The first-order chi connectivity index (χ1) is 14.2. The third-order valence-electron chi connectivity index (χ3n) is 6.32.